The molecule has 1 N–H and O–H groups in total. The van der Waals surface area contributed by atoms with E-state index in [0.29, 0.717) is 6.54 Å². The molecule has 0 atom stereocenters. The number of oxazole rings is 1. The molecule has 0 spiro atoms. The average Bonchev–Trinajstić information content (AvgIpc) is 2.71. The van der Waals surface area contributed by atoms with Crippen LogP contribution in [0.2, 0.25) is 5.02 Å². The van der Waals surface area contributed by atoms with Gasteiger partial charge in [-0.15, -0.1) is 0 Å². The van der Waals surface area contributed by atoms with Gasteiger partial charge in [-0.25, -0.2) is 4.98 Å². The van der Waals surface area contributed by atoms with Gasteiger partial charge >= 0.3 is 0 Å². The Balaban J connectivity index is 2.42. The number of rotatable bonds is 3. The lowest BCUT2D eigenvalue weighted by atomic mass is 10.1. The summed E-state index contributed by atoms with van der Waals surface area (Å²) in [6.07, 6.45) is 1.45. The molecule has 2 aromatic rings. The van der Waals surface area contributed by atoms with Gasteiger partial charge in [0.2, 0.25) is 0 Å². The van der Waals surface area contributed by atoms with Gasteiger partial charge in [0.25, 0.3) is 0 Å². The Morgan fingerprint density at radius 2 is 2.25 bits per heavy atom. The van der Waals surface area contributed by atoms with E-state index < -0.39 is 0 Å². The number of halogens is 1. The highest BCUT2D eigenvalue weighted by atomic mass is 35.5. The molecule has 0 aliphatic rings. The van der Waals surface area contributed by atoms with Crippen LogP contribution in [-0.4, -0.2) is 12.0 Å². The molecule has 0 unspecified atom stereocenters. The molecule has 3 nitrogen and oxygen atoms in total. The van der Waals surface area contributed by atoms with Gasteiger partial charge in [-0.2, -0.15) is 0 Å². The molecule has 1 aromatic heterocycles. The molecular formula is C12H13ClN2O. The molecule has 0 amide bonds. The number of benzene rings is 1. The van der Waals surface area contributed by atoms with Gasteiger partial charge in [0.1, 0.15) is 5.69 Å². The summed E-state index contributed by atoms with van der Waals surface area (Å²) >= 11 is 6.08. The third-order valence-corrected chi connectivity index (χ3v) is 2.83. The van der Waals surface area contributed by atoms with Crippen molar-refractivity contribution in [3.05, 3.63) is 40.9 Å². The second-order valence-corrected chi connectivity index (χ2v) is 4.03. The minimum absolute atomic E-state index is 0.678. The molecule has 0 fully saturated rings. The molecule has 0 aliphatic carbocycles. The standard InChI is InChI=1S/C12H13ClN2O/c1-8-3-4-9(5-10(8)13)12-11(6-14-2)15-7-16-12/h3-5,7,14H,6H2,1-2H3. The summed E-state index contributed by atoms with van der Waals surface area (Å²) in [6, 6.07) is 5.86. The van der Waals surface area contributed by atoms with Crippen LogP contribution in [0, 0.1) is 6.92 Å². The normalized spacial score (nSPS) is 10.7. The van der Waals surface area contributed by atoms with Crippen LogP contribution in [0.25, 0.3) is 11.3 Å². The second-order valence-electron chi connectivity index (χ2n) is 3.62. The van der Waals surface area contributed by atoms with Crippen molar-refractivity contribution in [1.29, 1.82) is 0 Å². The van der Waals surface area contributed by atoms with E-state index in [2.05, 4.69) is 10.3 Å². The molecule has 0 radical (unpaired) electrons. The summed E-state index contributed by atoms with van der Waals surface area (Å²) in [5.74, 6) is 0.774. The van der Waals surface area contributed by atoms with E-state index in [-0.39, 0.29) is 0 Å². The number of hydrogen-bond donors (Lipinski definition) is 1. The SMILES string of the molecule is CNCc1ncoc1-c1ccc(C)c(Cl)c1. The van der Waals surface area contributed by atoms with Gasteiger partial charge in [-0.05, 0) is 25.6 Å². The van der Waals surface area contributed by atoms with Crippen LogP contribution in [0.5, 0.6) is 0 Å². The van der Waals surface area contributed by atoms with Gasteiger partial charge in [0.15, 0.2) is 12.2 Å². The Labute approximate surface area is 99.5 Å². The van der Waals surface area contributed by atoms with Crippen LogP contribution < -0.4 is 5.32 Å². The monoisotopic (exact) mass is 236 g/mol. The van der Waals surface area contributed by atoms with Crippen molar-refractivity contribution in [3.63, 3.8) is 0 Å². The van der Waals surface area contributed by atoms with E-state index in [1.165, 1.54) is 6.39 Å². The molecular weight excluding hydrogens is 224 g/mol. The van der Waals surface area contributed by atoms with Crippen molar-refractivity contribution in [2.45, 2.75) is 13.5 Å². The fourth-order valence-corrected chi connectivity index (χ4v) is 1.71. The molecule has 4 heteroatoms. The predicted molar refractivity (Wildman–Crippen MR) is 64.4 cm³/mol. The first-order valence-corrected chi connectivity index (χ1v) is 5.43. The van der Waals surface area contributed by atoms with Gasteiger partial charge < -0.3 is 9.73 Å². The van der Waals surface area contributed by atoms with Crippen molar-refractivity contribution >= 4 is 11.6 Å². The fraction of sp³-hybridized carbons (Fsp3) is 0.250. The lowest BCUT2D eigenvalue weighted by Crippen LogP contribution is -2.06. The molecule has 1 heterocycles. The Hall–Kier alpha value is -1.32. The summed E-state index contributed by atoms with van der Waals surface area (Å²) in [5.41, 5.74) is 2.90. The van der Waals surface area contributed by atoms with Gasteiger partial charge in [0.05, 0.1) is 0 Å². The number of aromatic nitrogens is 1. The van der Waals surface area contributed by atoms with Crippen molar-refractivity contribution in [3.8, 4) is 11.3 Å². The third kappa shape index (κ3) is 2.10. The number of hydrogen-bond acceptors (Lipinski definition) is 3. The van der Waals surface area contributed by atoms with E-state index >= 15 is 0 Å². The van der Waals surface area contributed by atoms with E-state index in [4.69, 9.17) is 16.0 Å². The van der Waals surface area contributed by atoms with Crippen LogP contribution in [0.15, 0.2) is 29.0 Å². The van der Waals surface area contributed by atoms with Crippen molar-refractivity contribution in [2.24, 2.45) is 0 Å². The largest absolute Gasteiger partial charge is 0.443 e. The van der Waals surface area contributed by atoms with Gasteiger partial charge in [0, 0.05) is 17.1 Å². The Morgan fingerprint density at radius 1 is 1.44 bits per heavy atom. The summed E-state index contributed by atoms with van der Waals surface area (Å²) in [4.78, 5) is 4.16. The van der Waals surface area contributed by atoms with E-state index in [1.54, 1.807) is 0 Å². The molecule has 2 rings (SSSR count). The maximum atomic E-state index is 6.08. The minimum Gasteiger partial charge on any atom is -0.443 e. The first kappa shape index (κ1) is 11.2. The Bertz CT molecular complexity index is 494. The third-order valence-electron chi connectivity index (χ3n) is 2.42. The van der Waals surface area contributed by atoms with Crippen molar-refractivity contribution < 1.29 is 4.42 Å². The zero-order valence-electron chi connectivity index (χ0n) is 9.25. The molecule has 84 valence electrons. The van der Waals surface area contributed by atoms with Gasteiger partial charge in [-0.1, -0.05) is 23.7 Å². The number of nitrogens with one attached hydrogen (secondary N) is 1. The van der Waals surface area contributed by atoms with Crippen molar-refractivity contribution in [1.82, 2.24) is 10.3 Å². The first-order chi connectivity index (χ1) is 7.72. The second kappa shape index (κ2) is 4.68. The smallest absolute Gasteiger partial charge is 0.181 e. The zero-order valence-corrected chi connectivity index (χ0v) is 10.0. The highest BCUT2D eigenvalue weighted by Gasteiger charge is 2.10. The summed E-state index contributed by atoms with van der Waals surface area (Å²) < 4.78 is 5.39. The maximum Gasteiger partial charge on any atom is 0.181 e. The lowest BCUT2D eigenvalue weighted by Gasteiger charge is -2.03. The van der Waals surface area contributed by atoms with E-state index in [0.717, 1.165) is 27.6 Å². The summed E-state index contributed by atoms with van der Waals surface area (Å²) in [6.45, 7) is 2.65. The van der Waals surface area contributed by atoms with Crippen LogP contribution >= 0.6 is 11.6 Å². The van der Waals surface area contributed by atoms with E-state index in [9.17, 15) is 0 Å². The van der Waals surface area contributed by atoms with Crippen molar-refractivity contribution in [2.75, 3.05) is 7.05 Å². The Morgan fingerprint density at radius 3 is 2.94 bits per heavy atom. The van der Waals surface area contributed by atoms with Gasteiger partial charge in [-0.3, -0.25) is 0 Å². The highest BCUT2D eigenvalue weighted by molar-refractivity contribution is 6.31. The average molecular weight is 237 g/mol. The maximum absolute atomic E-state index is 6.08. The molecule has 16 heavy (non-hydrogen) atoms. The molecule has 0 saturated carbocycles. The first-order valence-electron chi connectivity index (χ1n) is 5.06. The topological polar surface area (TPSA) is 38.1 Å². The molecule has 0 aliphatic heterocycles. The molecule has 0 saturated heterocycles. The predicted octanol–water partition coefficient (Wildman–Crippen LogP) is 3.02. The number of aryl methyl sites for hydroxylation is 1. The van der Waals surface area contributed by atoms with E-state index in [1.807, 2.05) is 32.2 Å². The minimum atomic E-state index is 0.678. The Kier molecular flexibility index (Phi) is 3.27. The fourth-order valence-electron chi connectivity index (χ4n) is 1.53. The summed E-state index contributed by atoms with van der Waals surface area (Å²) in [5, 5.41) is 3.79. The van der Waals surface area contributed by atoms with Crippen LogP contribution in [0.4, 0.5) is 0 Å². The molecule has 1 aromatic carbocycles. The number of nitrogens with zero attached hydrogens (tertiary/aromatic N) is 1. The quantitative estimate of drug-likeness (QED) is 0.890. The summed E-state index contributed by atoms with van der Waals surface area (Å²) in [7, 11) is 1.88. The van der Waals surface area contributed by atoms with Crippen LogP contribution in [-0.2, 0) is 6.54 Å². The van der Waals surface area contributed by atoms with Crippen LogP contribution in [0.3, 0.4) is 0 Å². The lowest BCUT2D eigenvalue weighted by molar-refractivity contribution is 0.570. The van der Waals surface area contributed by atoms with Crippen LogP contribution in [0.1, 0.15) is 11.3 Å². The molecule has 0 bridgehead atoms. The zero-order chi connectivity index (χ0) is 11.5. The highest BCUT2D eigenvalue weighted by Crippen LogP contribution is 2.27.